The fraction of sp³-hybridized carbons (Fsp3) is 0.211. The smallest absolute Gasteiger partial charge is 0.231 e. The second kappa shape index (κ2) is 5.81. The Labute approximate surface area is 153 Å². The first-order valence-corrected chi connectivity index (χ1v) is 9.33. The van der Waals surface area contributed by atoms with Crippen LogP contribution in [-0.2, 0) is 4.79 Å². The molecule has 4 aromatic rings. The largest absolute Gasteiger partial charge is 0.346 e. The molecule has 0 unspecified atom stereocenters. The standard InChI is InChI=1S/C19H17N5OS/c1-11-2-5-15-17(6-11)26-19(22-15)24-9-13(10-24)18(25)21-14-4-3-12-8-20-23-16(12)7-14/h2-8,13H,9-10H2,1H3,(H,20,23)(H,21,25). The van der Waals surface area contributed by atoms with E-state index in [9.17, 15) is 4.79 Å². The lowest BCUT2D eigenvalue weighted by Crippen LogP contribution is -2.52. The zero-order chi connectivity index (χ0) is 17.7. The number of benzene rings is 2. The van der Waals surface area contributed by atoms with E-state index >= 15 is 0 Å². The van der Waals surface area contributed by atoms with Crippen LogP contribution in [0.4, 0.5) is 10.8 Å². The molecule has 0 bridgehead atoms. The summed E-state index contributed by atoms with van der Waals surface area (Å²) in [6.45, 7) is 3.50. The molecule has 0 aliphatic carbocycles. The molecule has 2 N–H and O–H groups in total. The van der Waals surface area contributed by atoms with Crippen LogP contribution in [0, 0.1) is 12.8 Å². The van der Waals surface area contributed by atoms with Crippen molar-refractivity contribution in [2.45, 2.75) is 6.92 Å². The van der Waals surface area contributed by atoms with Crippen LogP contribution in [0.5, 0.6) is 0 Å². The Morgan fingerprint density at radius 1 is 1.27 bits per heavy atom. The molecule has 130 valence electrons. The van der Waals surface area contributed by atoms with Crippen LogP contribution in [0.15, 0.2) is 42.6 Å². The maximum Gasteiger partial charge on any atom is 0.231 e. The predicted octanol–water partition coefficient (Wildman–Crippen LogP) is 3.56. The minimum Gasteiger partial charge on any atom is -0.346 e. The molecule has 1 fully saturated rings. The highest BCUT2D eigenvalue weighted by molar-refractivity contribution is 7.22. The molecule has 7 heteroatoms. The van der Waals surface area contributed by atoms with E-state index < -0.39 is 0 Å². The number of aryl methyl sites for hydroxylation is 1. The first-order valence-electron chi connectivity index (χ1n) is 8.52. The Morgan fingerprint density at radius 3 is 3.04 bits per heavy atom. The van der Waals surface area contributed by atoms with Crippen molar-refractivity contribution in [1.29, 1.82) is 0 Å². The molecule has 0 spiro atoms. The second-order valence-electron chi connectivity index (χ2n) is 6.73. The first-order chi connectivity index (χ1) is 12.7. The minimum atomic E-state index is -0.0128. The van der Waals surface area contributed by atoms with Gasteiger partial charge in [-0.2, -0.15) is 5.10 Å². The third-order valence-corrected chi connectivity index (χ3v) is 5.84. The number of aromatic nitrogens is 3. The fourth-order valence-electron chi connectivity index (χ4n) is 3.21. The Bertz CT molecular complexity index is 1130. The summed E-state index contributed by atoms with van der Waals surface area (Å²) < 4.78 is 1.20. The number of aromatic amines is 1. The van der Waals surface area contributed by atoms with Gasteiger partial charge in [-0.05, 0) is 42.8 Å². The van der Waals surface area contributed by atoms with Crippen LogP contribution in [0.1, 0.15) is 5.56 Å². The van der Waals surface area contributed by atoms with Crippen LogP contribution in [0.3, 0.4) is 0 Å². The van der Waals surface area contributed by atoms with E-state index in [4.69, 9.17) is 0 Å². The Morgan fingerprint density at radius 2 is 2.15 bits per heavy atom. The fourth-order valence-corrected chi connectivity index (χ4v) is 4.30. The van der Waals surface area contributed by atoms with Gasteiger partial charge in [-0.25, -0.2) is 4.98 Å². The van der Waals surface area contributed by atoms with Crippen LogP contribution < -0.4 is 10.2 Å². The topological polar surface area (TPSA) is 73.9 Å². The third kappa shape index (κ3) is 2.61. The van der Waals surface area contributed by atoms with E-state index in [0.717, 1.165) is 27.2 Å². The number of amides is 1. The highest BCUT2D eigenvalue weighted by atomic mass is 32.1. The summed E-state index contributed by atoms with van der Waals surface area (Å²) in [4.78, 5) is 19.3. The molecule has 1 saturated heterocycles. The quantitative estimate of drug-likeness (QED) is 0.584. The van der Waals surface area contributed by atoms with Crippen molar-refractivity contribution >= 4 is 49.2 Å². The summed E-state index contributed by atoms with van der Waals surface area (Å²) in [5.74, 6) is 0.0401. The molecule has 1 amide bonds. The number of nitrogens with one attached hydrogen (secondary N) is 2. The van der Waals surface area contributed by atoms with Gasteiger partial charge >= 0.3 is 0 Å². The van der Waals surface area contributed by atoms with Crippen molar-refractivity contribution in [3.63, 3.8) is 0 Å². The molecule has 2 aromatic carbocycles. The molecule has 1 aliphatic rings. The van der Waals surface area contributed by atoms with Crippen molar-refractivity contribution in [1.82, 2.24) is 15.2 Å². The molecule has 1 aliphatic heterocycles. The molecule has 0 radical (unpaired) electrons. The molecule has 0 saturated carbocycles. The Balaban J connectivity index is 1.25. The number of hydrogen-bond acceptors (Lipinski definition) is 5. The minimum absolute atomic E-state index is 0.0128. The van der Waals surface area contributed by atoms with Gasteiger partial charge in [-0.15, -0.1) is 0 Å². The summed E-state index contributed by atoms with van der Waals surface area (Å²) in [6, 6.07) is 12.1. The van der Waals surface area contributed by atoms with Gasteiger partial charge in [-0.3, -0.25) is 9.89 Å². The summed E-state index contributed by atoms with van der Waals surface area (Å²) >= 11 is 1.69. The normalized spacial score (nSPS) is 14.7. The van der Waals surface area contributed by atoms with E-state index in [1.54, 1.807) is 17.5 Å². The molecule has 3 heterocycles. The molecule has 26 heavy (non-hydrogen) atoms. The van der Waals surface area contributed by atoms with Crippen LogP contribution in [-0.4, -0.2) is 34.2 Å². The average molecular weight is 363 g/mol. The number of fused-ring (bicyclic) bond motifs is 2. The number of hydrogen-bond donors (Lipinski definition) is 2. The molecule has 2 aromatic heterocycles. The van der Waals surface area contributed by atoms with Crippen molar-refractivity contribution in [3.05, 3.63) is 48.2 Å². The Hall–Kier alpha value is -2.93. The monoisotopic (exact) mass is 363 g/mol. The highest BCUT2D eigenvalue weighted by Gasteiger charge is 2.34. The van der Waals surface area contributed by atoms with Crippen molar-refractivity contribution in [2.75, 3.05) is 23.3 Å². The first kappa shape index (κ1) is 15.3. The van der Waals surface area contributed by atoms with Crippen LogP contribution >= 0.6 is 11.3 Å². The van der Waals surface area contributed by atoms with Gasteiger partial charge in [0, 0.05) is 24.2 Å². The number of rotatable bonds is 3. The van der Waals surface area contributed by atoms with Gasteiger partial charge in [-0.1, -0.05) is 17.4 Å². The van der Waals surface area contributed by atoms with Crippen molar-refractivity contribution < 1.29 is 4.79 Å². The van der Waals surface area contributed by atoms with E-state index in [0.29, 0.717) is 13.1 Å². The van der Waals surface area contributed by atoms with Crippen LogP contribution in [0.25, 0.3) is 21.1 Å². The van der Waals surface area contributed by atoms with Gasteiger partial charge in [0.2, 0.25) is 5.91 Å². The van der Waals surface area contributed by atoms with Gasteiger partial charge < -0.3 is 10.2 Å². The number of anilines is 2. The third-order valence-electron chi connectivity index (χ3n) is 4.76. The number of H-pyrrole nitrogens is 1. The predicted molar refractivity (Wildman–Crippen MR) is 105 cm³/mol. The lowest BCUT2D eigenvalue weighted by atomic mass is 10.00. The average Bonchev–Trinajstić information content (AvgIpc) is 3.18. The molecular weight excluding hydrogens is 346 g/mol. The molecule has 5 rings (SSSR count). The van der Waals surface area contributed by atoms with E-state index in [1.807, 2.05) is 18.2 Å². The summed E-state index contributed by atoms with van der Waals surface area (Å²) in [5.41, 5.74) is 3.97. The van der Waals surface area contributed by atoms with Crippen molar-refractivity contribution in [3.8, 4) is 0 Å². The highest BCUT2D eigenvalue weighted by Crippen LogP contribution is 2.33. The van der Waals surface area contributed by atoms with Crippen LogP contribution in [0.2, 0.25) is 0 Å². The molecule has 0 atom stereocenters. The molecule has 6 nitrogen and oxygen atoms in total. The number of nitrogens with zero attached hydrogens (tertiary/aromatic N) is 3. The van der Waals surface area contributed by atoms with Crippen molar-refractivity contribution in [2.24, 2.45) is 5.92 Å². The maximum absolute atomic E-state index is 12.5. The SMILES string of the molecule is Cc1ccc2nc(N3CC(C(=O)Nc4ccc5cn[nH]c5c4)C3)sc2c1. The zero-order valence-electron chi connectivity index (χ0n) is 14.2. The van der Waals surface area contributed by atoms with E-state index in [2.05, 4.69) is 50.5 Å². The Kier molecular flexibility index (Phi) is 3.43. The van der Waals surface area contributed by atoms with E-state index in [1.165, 1.54) is 10.3 Å². The van der Waals surface area contributed by atoms with Gasteiger partial charge in [0.25, 0.3) is 0 Å². The summed E-state index contributed by atoms with van der Waals surface area (Å²) in [6.07, 6.45) is 1.77. The maximum atomic E-state index is 12.5. The number of thiazole rings is 1. The second-order valence-corrected chi connectivity index (χ2v) is 7.74. The zero-order valence-corrected chi connectivity index (χ0v) is 15.0. The van der Waals surface area contributed by atoms with Gasteiger partial charge in [0.1, 0.15) is 0 Å². The lowest BCUT2D eigenvalue weighted by Gasteiger charge is -2.37. The van der Waals surface area contributed by atoms with E-state index in [-0.39, 0.29) is 11.8 Å². The van der Waals surface area contributed by atoms with Gasteiger partial charge in [0.15, 0.2) is 5.13 Å². The van der Waals surface area contributed by atoms with Gasteiger partial charge in [0.05, 0.1) is 27.8 Å². The number of carbonyl (C=O) groups excluding carboxylic acids is 1. The lowest BCUT2D eigenvalue weighted by molar-refractivity contribution is -0.120. The summed E-state index contributed by atoms with van der Waals surface area (Å²) in [7, 11) is 0. The summed E-state index contributed by atoms with van der Waals surface area (Å²) in [5, 5.41) is 11.9. The number of carbonyl (C=O) groups is 1. The molecular formula is C19H17N5OS.